The number of hydrogen-bond acceptors (Lipinski definition) is 4. The van der Waals surface area contributed by atoms with Crippen LogP contribution in [0.25, 0.3) is 0 Å². The predicted molar refractivity (Wildman–Crippen MR) is 62.8 cm³/mol. The maximum Gasteiger partial charge on any atom is 0.156 e. The van der Waals surface area contributed by atoms with Crippen molar-refractivity contribution in [3.05, 3.63) is 22.6 Å². The molecule has 0 amide bonds. The Morgan fingerprint density at radius 2 is 2.25 bits per heavy atom. The lowest BCUT2D eigenvalue weighted by atomic mass is 10.1. The van der Waals surface area contributed by atoms with Gasteiger partial charge in [0, 0.05) is 0 Å². The van der Waals surface area contributed by atoms with Crippen molar-refractivity contribution in [2.75, 3.05) is 5.75 Å². The molecule has 0 spiro atoms. The minimum atomic E-state index is -3.20. The molecule has 0 aromatic carbocycles. The average Bonchev–Trinajstić information content (AvgIpc) is 2.63. The van der Waals surface area contributed by atoms with E-state index in [4.69, 9.17) is 4.42 Å². The first kappa shape index (κ1) is 12.1. The molecule has 4 nitrogen and oxygen atoms in total. The van der Waals surface area contributed by atoms with Crippen molar-refractivity contribution in [1.82, 2.24) is 0 Å². The molecular formula is C10H13BrO4S. The summed E-state index contributed by atoms with van der Waals surface area (Å²) in [6, 6.07) is 1.65. The first-order valence-electron chi connectivity index (χ1n) is 5.15. The fourth-order valence-corrected chi connectivity index (χ4v) is 4.41. The molecule has 2 atom stereocenters. The summed E-state index contributed by atoms with van der Waals surface area (Å²) in [6.45, 7) is 0. The molecule has 1 N–H and O–H groups in total. The fraction of sp³-hybridized carbons (Fsp3) is 0.600. The van der Waals surface area contributed by atoms with E-state index in [-0.39, 0.29) is 5.75 Å². The molecule has 1 aromatic heterocycles. The predicted octanol–water partition coefficient (Wildman–Crippen LogP) is 2.04. The summed E-state index contributed by atoms with van der Waals surface area (Å²) in [5.74, 6) is 0.461. The van der Waals surface area contributed by atoms with Crippen molar-refractivity contribution in [3.8, 4) is 0 Å². The van der Waals surface area contributed by atoms with Gasteiger partial charge < -0.3 is 9.52 Å². The molecule has 1 fully saturated rings. The van der Waals surface area contributed by atoms with E-state index >= 15 is 0 Å². The quantitative estimate of drug-likeness (QED) is 0.908. The summed E-state index contributed by atoms with van der Waals surface area (Å²) >= 11 is 3.22. The van der Waals surface area contributed by atoms with Crippen LogP contribution in [0.15, 0.2) is 21.2 Å². The summed E-state index contributed by atoms with van der Waals surface area (Å²) in [7, 11) is -3.20. The highest BCUT2D eigenvalue weighted by atomic mass is 79.9. The zero-order valence-corrected chi connectivity index (χ0v) is 11.0. The molecule has 1 aliphatic heterocycles. The van der Waals surface area contributed by atoms with Gasteiger partial charge in [-0.15, -0.1) is 0 Å². The highest BCUT2D eigenvalue weighted by Gasteiger charge is 2.37. The van der Waals surface area contributed by atoms with Crippen LogP contribution in [-0.2, 0) is 9.84 Å². The van der Waals surface area contributed by atoms with Crippen LogP contribution in [0.1, 0.15) is 31.1 Å². The van der Waals surface area contributed by atoms with Crippen LogP contribution < -0.4 is 0 Å². The third-order valence-corrected chi connectivity index (χ3v) is 5.82. The topological polar surface area (TPSA) is 67.5 Å². The van der Waals surface area contributed by atoms with Crippen molar-refractivity contribution in [1.29, 1.82) is 0 Å². The zero-order valence-electron chi connectivity index (χ0n) is 8.60. The molecule has 2 rings (SSSR count). The lowest BCUT2D eigenvalue weighted by molar-refractivity contribution is 0.137. The van der Waals surface area contributed by atoms with E-state index in [1.165, 1.54) is 6.26 Å². The van der Waals surface area contributed by atoms with E-state index in [9.17, 15) is 13.5 Å². The van der Waals surface area contributed by atoms with Gasteiger partial charge in [0.2, 0.25) is 0 Å². The highest BCUT2D eigenvalue weighted by Crippen LogP contribution is 2.34. The van der Waals surface area contributed by atoms with Crippen molar-refractivity contribution >= 4 is 25.8 Å². The molecular weight excluding hydrogens is 296 g/mol. The van der Waals surface area contributed by atoms with Gasteiger partial charge in [0.1, 0.15) is 11.9 Å². The first-order valence-corrected chi connectivity index (χ1v) is 7.66. The Labute approximate surface area is 103 Å². The number of sulfone groups is 1. The molecule has 0 bridgehead atoms. The number of rotatable bonds is 2. The van der Waals surface area contributed by atoms with Gasteiger partial charge in [0.25, 0.3) is 0 Å². The van der Waals surface area contributed by atoms with Gasteiger partial charge in [-0.25, -0.2) is 8.42 Å². The van der Waals surface area contributed by atoms with E-state index in [1.807, 2.05) is 0 Å². The Kier molecular flexibility index (Phi) is 3.42. The normalized spacial score (nSPS) is 26.5. The number of aliphatic hydroxyl groups is 1. The van der Waals surface area contributed by atoms with Crippen molar-refractivity contribution in [2.45, 2.75) is 30.6 Å². The van der Waals surface area contributed by atoms with E-state index in [0.29, 0.717) is 23.1 Å². The minimum absolute atomic E-state index is 0.160. The van der Waals surface area contributed by atoms with Gasteiger partial charge in [-0.3, -0.25) is 0 Å². The molecule has 1 aromatic rings. The Hall–Kier alpha value is -0.330. The fourth-order valence-electron chi connectivity index (χ4n) is 2.02. The van der Waals surface area contributed by atoms with Crippen molar-refractivity contribution in [2.24, 2.45) is 0 Å². The molecule has 1 saturated heterocycles. The summed E-state index contributed by atoms with van der Waals surface area (Å²) in [6.07, 6.45) is 2.37. The van der Waals surface area contributed by atoms with Gasteiger partial charge in [-0.1, -0.05) is 6.42 Å². The zero-order chi connectivity index (χ0) is 11.8. The second kappa shape index (κ2) is 4.50. The summed E-state index contributed by atoms with van der Waals surface area (Å²) in [5.41, 5.74) is 0. The van der Waals surface area contributed by atoms with Crippen LogP contribution in [0.5, 0.6) is 0 Å². The first-order chi connectivity index (χ1) is 7.52. The van der Waals surface area contributed by atoms with Crippen LogP contribution in [0.2, 0.25) is 0 Å². The van der Waals surface area contributed by atoms with E-state index in [1.54, 1.807) is 6.07 Å². The maximum atomic E-state index is 11.8. The smallest absolute Gasteiger partial charge is 0.156 e. The molecule has 6 heteroatoms. The van der Waals surface area contributed by atoms with E-state index in [0.717, 1.165) is 6.42 Å². The monoisotopic (exact) mass is 308 g/mol. The second-order valence-corrected chi connectivity index (χ2v) is 7.17. The minimum Gasteiger partial charge on any atom is -0.465 e. The van der Waals surface area contributed by atoms with Crippen LogP contribution in [0.4, 0.5) is 0 Å². The average molecular weight is 309 g/mol. The number of hydrogen-bond donors (Lipinski definition) is 1. The lowest BCUT2D eigenvalue weighted by Crippen LogP contribution is -2.33. The van der Waals surface area contributed by atoms with Crippen LogP contribution in [0, 0.1) is 0 Å². The van der Waals surface area contributed by atoms with Crippen molar-refractivity contribution < 1.29 is 17.9 Å². The molecule has 0 aliphatic carbocycles. The Morgan fingerprint density at radius 3 is 2.81 bits per heavy atom. The highest BCUT2D eigenvalue weighted by molar-refractivity contribution is 9.10. The van der Waals surface area contributed by atoms with Gasteiger partial charge in [0.05, 0.1) is 21.7 Å². The summed E-state index contributed by atoms with van der Waals surface area (Å²) in [5, 5.41) is 9.32. The van der Waals surface area contributed by atoms with Crippen LogP contribution >= 0.6 is 15.9 Å². The molecule has 0 saturated carbocycles. The molecule has 0 radical (unpaired) electrons. The third kappa shape index (κ3) is 2.19. The Morgan fingerprint density at radius 1 is 1.50 bits per heavy atom. The van der Waals surface area contributed by atoms with E-state index in [2.05, 4.69) is 15.9 Å². The number of aliphatic hydroxyl groups excluding tert-OH is 1. The lowest BCUT2D eigenvalue weighted by Gasteiger charge is -2.25. The molecule has 90 valence electrons. The molecule has 2 heterocycles. The van der Waals surface area contributed by atoms with Crippen LogP contribution in [-0.4, -0.2) is 24.5 Å². The number of furan rings is 1. The summed E-state index contributed by atoms with van der Waals surface area (Å²) < 4.78 is 29.3. The third-order valence-electron chi connectivity index (χ3n) is 2.89. The Bertz CT molecular complexity index is 465. The largest absolute Gasteiger partial charge is 0.465 e. The van der Waals surface area contributed by atoms with Crippen LogP contribution in [0.3, 0.4) is 0 Å². The number of halogens is 1. The maximum absolute atomic E-state index is 11.8. The Balaban J connectivity index is 2.28. The van der Waals surface area contributed by atoms with Crippen molar-refractivity contribution in [3.63, 3.8) is 0 Å². The van der Waals surface area contributed by atoms with E-state index < -0.39 is 21.2 Å². The SMILES string of the molecule is O=S1(=O)CCCCC1C(O)c1occc1Br. The summed E-state index contributed by atoms with van der Waals surface area (Å²) in [4.78, 5) is 0. The second-order valence-electron chi connectivity index (χ2n) is 3.98. The molecule has 16 heavy (non-hydrogen) atoms. The van der Waals surface area contributed by atoms with Gasteiger partial charge >= 0.3 is 0 Å². The molecule has 2 unspecified atom stereocenters. The molecule has 1 aliphatic rings. The van der Waals surface area contributed by atoms with Gasteiger partial charge in [0.15, 0.2) is 9.84 Å². The van der Waals surface area contributed by atoms with Gasteiger partial charge in [-0.05, 0) is 34.8 Å². The standard InChI is InChI=1S/C10H13BrO4S/c11-7-4-5-15-10(7)9(12)8-3-1-2-6-16(8,13)14/h4-5,8-9,12H,1-3,6H2. The van der Waals surface area contributed by atoms with Gasteiger partial charge in [-0.2, -0.15) is 0 Å².